The molecule has 138 valence electrons. The Morgan fingerprint density at radius 2 is 1.81 bits per heavy atom. The topological polar surface area (TPSA) is 44.4 Å². The first-order valence-corrected chi connectivity index (χ1v) is 10.6. The molecule has 1 fully saturated rings. The van der Waals surface area contributed by atoms with Crippen LogP contribution in [0.15, 0.2) is 35.7 Å². The third-order valence-electron chi connectivity index (χ3n) is 5.49. The van der Waals surface area contributed by atoms with Crippen LogP contribution in [-0.2, 0) is 13.0 Å². The van der Waals surface area contributed by atoms with Crippen molar-refractivity contribution in [3.05, 3.63) is 46.2 Å². The largest absolute Gasteiger partial charge is 0.367 e. The van der Waals surface area contributed by atoms with E-state index >= 15 is 0 Å². The van der Waals surface area contributed by atoms with Gasteiger partial charge >= 0.3 is 6.03 Å². The molecule has 0 radical (unpaired) electrons. The Morgan fingerprint density at radius 3 is 2.58 bits per heavy atom. The monoisotopic (exact) mass is 369 g/mol. The summed E-state index contributed by atoms with van der Waals surface area (Å²) in [4.78, 5) is 16.2. The Balaban J connectivity index is 1.32. The fourth-order valence-corrected chi connectivity index (χ4v) is 4.89. The standard InChI is InChI=1S/C21H27N3OS/c25-21(22-17-5-3-1-2-4-6-17)23-18-7-9-19(10-8-18)24-13-11-20-16(15-24)12-14-26-20/h7-10,12,14,17H,1-6,11,13,15H2,(H2,22,23,25). The first-order valence-electron chi connectivity index (χ1n) is 9.76. The van der Waals surface area contributed by atoms with Crippen LogP contribution >= 0.6 is 11.3 Å². The Kier molecular flexibility index (Phi) is 5.44. The van der Waals surface area contributed by atoms with E-state index in [9.17, 15) is 4.79 Å². The van der Waals surface area contributed by atoms with Crippen molar-refractivity contribution in [3.8, 4) is 0 Å². The van der Waals surface area contributed by atoms with Gasteiger partial charge < -0.3 is 15.5 Å². The fraction of sp³-hybridized carbons (Fsp3) is 0.476. The molecule has 2 N–H and O–H groups in total. The number of amides is 2. The summed E-state index contributed by atoms with van der Waals surface area (Å²) in [6.45, 7) is 2.04. The summed E-state index contributed by atoms with van der Waals surface area (Å²) in [6, 6.07) is 10.7. The van der Waals surface area contributed by atoms with E-state index in [1.165, 1.54) is 41.8 Å². The van der Waals surface area contributed by atoms with Crippen LogP contribution in [0.25, 0.3) is 0 Å². The van der Waals surface area contributed by atoms with Crippen molar-refractivity contribution in [2.45, 2.75) is 57.5 Å². The highest BCUT2D eigenvalue weighted by molar-refractivity contribution is 7.10. The SMILES string of the molecule is O=C(Nc1ccc(N2CCc3sccc3C2)cc1)NC1CCCCCC1. The number of rotatable bonds is 3. The molecule has 2 heterocycles. The normalized spacial score (nSPS) is 18.1. The molecule has 1 saturated carbocycles. The van der Waals surface area contributed by atoms with Gasteiger partial charge in [-0.25, -0.2) is 4.79 Å². The zero-order chi connectivity index (χ0) is 17.8. The first-order chi connectivity index (χ1) is 12.8. The van der Waals surface area contributed by atoms with E-state index in [-0.39, 0.29) is 6.03 Å². The molecule has 26 heavy (non-hydrogen) atoms. The second kappa shape index (κ2) is 8.12. The van der Waals surface area contributed by atoms with Crippen LogP contribution < -0.4 is 15.5 Å². The summed E-state index contributed by atoms with van der Waals surface area (Å²) in [5, 5.41) is 8.31. The van der Waals surface area contributed by atoms with Gasteiger partial charge in [-0.15, -0.1) is 11.3 Å². The predicted molar refractivity (Wildman–Crippen MR) is 109 cm³/mol. The zero-order valence-corrected chi connectivity index (χ0v) is 16.0. The molecule has 2 aromatic rings. The molecular weight excluding hydrogens is 342 g/mol. The van der Waals surface area contributed by atoms with Gasteiger partial charge in [0.25, 0.3) is 0 Å². The van der Waals surface area contributed by atoms with E-state index in [1.54, 1.807) is 0 Å². The molecule has 4 nitrogen and oxygen atoms in total. The maximum Gasteiger partial charge on any atom is 0.319 e. The Bertz CT molecular complexity index is 732. The highest BCUT2D eigenvalue weighted by Crippen LogP contribution is 2.28. The molecule has 0 atom stereocenters. The minimum Gasteiger partial charge on any atom is -0.367 e. The third kappa shape index (κ3) is 4.21. The van der Waals surface area contributed by atoms with Crippen LogP contribution in [0, 0.1) is 0 Å². The van der Waals surface area contributed by atoms with Crippen LogP contribution in [0.2, 0.25) is 0 Å². The molecule has 4 rings (SSSR count). The number of carbonyl (C=O) groups is 1. The van der Waals surface area contributed by atoms with Gasteiger partial charge in [0, 0.05) is 35.4 Å². The van der Waals surface area contributed by atoms with E-state index in [1.807, 2.05) is 23.5 Å². The molecule has 1 aromatic carbocycles. The lowest BCUT2D eigenvalue weighted by molar-refractivity contribution is 0.247. The second-order valence-electron chi connectivity index (χ2n) is 7.37. The average Bonchev–Trinajstić information content (AvgIpc) is 2.98. The average molecular weight is 370 g/mol. The molecule has 1 aromatic heterocycles. The van der Waals surface area contributed by atoms with Crippen LogP contribution in [0.4, 0.5) is 16.2 Å². The molecule has 0 saturated heterocycles. The third-order valence-corrected chi connectivity index (χ3v) is 6.51. The van der Waals surface area contributed by atoms with Gasteiger partial charge in [-0.2, -0.15) is 0 Å². The van der Waals surface area contributed by atoms with Gasteiger partial charge in [0.2, 0.25) is 0 Å². The minimum atomic E-state index is -0.0782. The number of nitrogens with one attached hydrogen (secondary N) is 2. The maximum atomic E-state index is 12.3. The summed E-state index contributed by atoms with van der Waals surface area (Å²) in [5.74, 6) is 0. The predicted octanol–water partition coefficient (Wildman–Crippen LogP) is 5.16. The van der Waals surface area contributed by atoms with Crippen LogP contribution in [-0.4, -0.2) is 18.6 Å². The highest BCUT2D eigenvalue weighted by atomic mass is 32.1. The molecule has 2 aliphatic rings. The Hall–Kier alpha value is -2.01. The molecule has 5 heteroatoms. The maximum absolute atomic E-state index is 12.3. The van der Waals surface area contributed by atoms with E-state index in [0.29, 0.717) is 6.04 Å². The lowest BCUT2D eigenvalue weighted by atomic mass is 10.1. The van der Waals surface area contributed by atoms with Crippen molar-refractivity contribution in [2.24, 2.45) is 0 Å². The number of thiophene rings is 1. The van der Waals surface area contributed by atoms with Gasteiger partial charge in [-0.05, 0) is 60.5 Å². The van der Waals surface area contributed by atoms with E-state index in [2.05, 4.69) is 39.1 Å². The molecule has 1 aliphatic heterocycles. The summed E-state index contributed by atoms with van der Waals surface area (Å²) in [7, 11) is 0. The number of benzene rings is 1. The highest BCUT2D eigenvalue weighted by Gasteiger charge is 2.18. The Labute approximate surface area is 159 Å². The number of carbonyl (C=O) groups excluding carboxylic acids is 1. The van der Waals surface area contributed by atoms with Crippen molar-refractivity contribution in [2.75, 3.05) is 16.8 Å². The summed E-state index contributed by atoms with van der Waals surface area (Å²) in [5.41, 5.74) is 3.52. The molecular formula is C21H27N3OS. The summed E-state index contributed by atoms with van der Waals surface area (Å²) >= 11 is 1.87. The lowest BCUT2D eigenvalue weighted by Crippen LogP contribution is -2.37. The smallest absolute Gasteiger partial charge is 0.319 e. The van der Waals surface area contributed by atoms with Gasteiger partial charge in [-0.1, -0.05) is 25.7 Å². The van der Waals surface area contributed by atoms with Crippen molar-refractivity contribution in [1.29, 1.82) is 0 Å². The molecule has 0 spiro atoms. The first kappa shape index (κ1) is 17.4. The molecule has 0 bridgehead atoms. The molecule has 0 unspecified atom stereocenters. The lowest BCUT2D eigenvalue weighted by Gasteiger charge is -2.29. The number of fused-ring (bicyclic) bond motifs is 1. The van der Waals surface area contributed by atoms with E-state index in [4.69, 9.17) is 0 Å². The van der Waals surface area contributed by atoms with Gasteiger partial charge in [-0.3, -0.25) is 0 Å². The fourth-order valence-electron chi connectivity index (χ4n) is 4.00. The van der Waals surface area contributed by atoms with E-state index in [0.717, 1.165) is 38.0 Å². The summed E-state index contributed by atoms with van der Waals surface area (Å²) in [6.07, 6.45) is 8.37. The van der Waals surface area contributed by atoms with Crippen molar-refractivity contribution in [3.63, 3.8) is 0 Å². The summed E-state index contributed by atoms with van der Waals surface area (Å²) < 4.78 is 0. The van der Waals surface area contributed by atoms with Gasteiger partial charge in [0.15, 0.2) is 0 Å². The number of anilines is 2. The van der Waals surface area contributed by atoms with Crippen LogP contribution in [0.3, 0.4) is 0 Å². The number of nitrogens with zero attached hydrogens (tertiary/aromatic N) is 1. The number of hydrogen-bond acceptors (Lipinski definition) is 3. The molecule has 2 amide bonds. The number of hydrogen-bond donors (Lipinski definition) is 2. The van der Waals surface area contributed by atoms with Crippen molar-refractivity contribution >= 4 is 28.7 Å². The minimum absolute atomic E-state index is 0.0782. The van der Waals surface area contributed by atoms with Gasteiger partial charge in [0.1, 0.15) is 0 Å². The second-order valence-corrected chi connectivity index (χ2v) is 8.38. The quantitative estimate of drug-likeness (QED) is 0.735. The van der Waals surface area contributed by atoms with Crippen molar-refractivity contribution in [1.82, 2.24) is 5.32 Å². The number of urea groups is 1. The van der Waals surface area contributed by atoms with E-state index < -0.39 is 0 Å². The van der Waals surface area contributed by atoms with Gasteiger partial charge in [0.05, 0.1) is 0 Å². The van der Waals surface area contributed by atoms with Crippen LogP contribution in [0.5, 0.6) is 0 Å². The van der Waals surface area contributed by atoms with Crippen molar-refractivity contribution < 1.29 is 4.79 Å². The van der Waals surface area contributed by atoms with Crippen LogP contribution in [0.1, 0.15) is 49.0 Å². The Morgan fingerprint density at radius 1 is 1.04 bits per heavy atom. The zero-order valence-electron chi connectivity index (χ0n) is 15.2. The molecule has 1 aliphatic carbocycles.